The molecule has 0 bridgehead atoms. The fraction of sp³-hybridized carbons (Fsp3) is 0.200. The van der Waals surface area contributed by atoms with E-state index in [1.54, 1.807) is 0 Å². The Kier molecular flexibility index (Phi) is 2.98. The van der Waals surface area contributed by atoms with Crippen molar-refractivity contribution in [3.63, 3.8) is 0 Å². The first-order valence-corrected chi connectivity index (χ1v) is 5.81. The number of aliphatic hydroxyl groups excluding tert-OH is 2. The molecule has 2 nitrogen and oxygen atoms in total. The van der Waals surface area contributed by atoms with E-state index in [-0.39, 0.29) is 0 Å². The first-order chi connectivity index (χ1) is 7.02. The molecule has 0 amide bonds. The highest BCUT2D eigenvalue weighted by Crippen LogP contribution is 2.45. The molecule has 0 saturated heterocycles. The first-order valence-electron chi connectivity index (χ1n) is 4.23. The van der Waals surface area contributed by atoms with Gasteiger partial charge in [-0.2, -0.15) is 0 Å². The Morgan fingerprint density at radius 3 is 2.13 bits per heavy atom. The number of aliphatic hydroxyl groups is 2. The molecule has 0 spiro atoms. The number of fused-ring (bicyclic) bond motifs is 1. The van der Waals surface area contributed by atoms with Crippen molar-refractivity contribution in [1.82, 2.24) is 0 Å². The third kappa shape index (κ3) is 1.78. The Hall–Kier alpha value is -0.230. The quantitative estimate of drug-likeness (QED) is 0.764. The second kappa shape index (κ2) is 3.97. The van der Waals surface area contributed by atoms with Crippen molar-refractivity contribution in [3.8, 4) is 0 Å². The molecule has 5 heteroatoms. The highest BCUT2D eigenvalue weighted by Gasteiger charge is 2.30. The minimum absolute atomic E-state index is 0.387. The second-order valence-corrected chi connectivity index (χ2v) is 4.98. The van der Waals surface area contributed by atoms with Gasteiger partial charge < -0.3 is 10.2 Å². The standard InChI is InChI=1S/C10H7Br2FO2/c11-7-8(12)10(15)6-3-4(13)1-2-5(6)9(7)14/h1-3,9-10,14-15H. The van der Waals surface area contributed by atoms with Crippen LogP contribution in [-0.2, 0) is 0 Å². The van der Waals surface area contributed by atoms with E-state index in [1.807, 2.05) is 0 Å². The molecule has 80 valence electrons. The van der Waals surface area contributed by atoms with Crippen LogP contribution in [0.5, 0.6) is 0 Å². The van der Waals surface area contributed by atoms with E-state index in [2.05, 4.69) is 31.9 Å². The van der Waals surface area contributed by atoms with Crippen LogP contribution in [0.25, 0.3) is 0 Å². The van der Waals surface area contributed by atoms with Crippen LogP contribution >= 0.6 is 31.9 Å². The molecule has 0 aromatic heterocycles. The molecule has 2 rings (SSSR count). The predicted octanol–water partition coefficient (Wildman–Crippen LogP) is 2.91. The first kappa shape index (κ1) is 11.3. The van der Waals surface area contributed by atoms with Crippen LogP contribution in [0, 0.1) is 5.82 Å². The van der Waals surface area contributed by atoms with Gasteiger partial charge in [-0.15, -0.1) is 0 Å². The summed E-state index contributed by atoms with van der Waals surface area (Å²) in [4.78, 5) is 0. The van der Waals surface area contributed by atoms with Crippen molar-refractivity contribution < 1.29 is 14.6 Å². The van der Waals surface area contributed by atoms with E-state index in [0.29, 0.717) is 20.1 Å². The third-order valence-corrected chi connectivity index (χ3v) is 4.60. The number of hydrogen-bond acceptors (Lipinski definition) is 2. The van der Waals surface area contributed by atoms with Crippen molar-refractivity contribution in [2.24, 2.45) is 0 Å². The van der Waals surface area contributed by atoms with Gasteiger partial charge in [0.1, 0.15) is 18.0 Å². The summed E-state index contributed by atoms with van der Waals surface area (Å²) in [5.74, 6) is -0.432. The van der Waals surface area contributed by atoms with E-state index in [1.165, 1.54) is 18.2 Å². The van der Waals surface area contributed by atoms with Crippen LogP contribution in [0.2, 0.25) is 0 Å². The summed E-state index contributed by atoms with van der Waals surface area (Å²) < 4.78 is 13.9. The van der Waals surface area contributed by atoms with Gasteiger partial charge in [0.2, 0.25) is 0 Å². The van der Waals surface area contributed by atoms with E-state index in [9.17, 15) is 14.6 Å². The van der Waals surface area contributed by atoms with E-state index in [4.69, 9.17) is 0 Å². The van der Waals surface area contributed by atoms with Crippen LogP contribution in [0.4, 0.5) is 4.39 Å². The number of benzene rings is 1. The molecule has 0 heterocycles. The lowest BCUT2D eigenvalue weighted by Crippen LogP contribution is -2.14. The van der Waals surface area contributed by atoms with Crippen LogP contribution in [0.15, 0.2) is 27.2 Å². The minimum atomic E-state index is -0.937. The van der Waals surface area contributed by atoms with Gasteiger partial charge in [0.25, 0.3) is 0 Å². The van der Waals surface area contributed by atoms with Crippen LogP contribution in [0.1, 0.15) is 23.3 Å². The van der Waals surface area contributed by atoms with Gasteiger partial charge in [-0.1, -0.05) is 37.9 Å². The summed E-state index contributed by atoms with van der Waals surface area (Å²) in [6.45, 7) is 0. The Morgan fingerprint density at radius 2 is 1.53 bits per heavy atom. The summed E-state index contributed by atoms with van der Waals surface area (Å²) >= 11 is 6.33. The molecule has 2 atom stereocenters. The lowest BCUT2D eigenvalue weighted by Gasteiger charge is -2.26. The fourth-order valence-corrected chi connectivity index (χ4v) is 2.49. The van der Waals surface area contributed by atoms with Gasteiger partial charge in [-0.25, -0.2) is 4.39 Å². The van der Waals surface area contributed by atoms with Gasteiger partial charge in [-0.05, 0) is 23.3 Å². The topological polar surface area (TPSA) is 40.5 Å². The van der Waals surface area contributed by atoms with Crippen LogP contribution in [-0.4, -0.2) is 10.2 Å². The van der Waals surface area contributed by atoms with Gasteiger partial charge in [-0.3, -0.25) is 0 Å². The fourth-order valence-electron chi connectivity index (χ4n) is 1.57. The molecule has 0 radical (unpaired) electrons. The smallest absolute Gasteiger partial charge is 0.123 e. The average molecular weight is 338 g/mol. The van der Waals surface area contributed by atoms with Crippen molar-refractivity contribution in [2.75, 3.05) is 0 Å². The lowest BCUT2D eigenvalue weighted by atomic mass is 9.92. The van der Waals surface area contributed by atoms with Gasteiger partial charge in [0.05, 0.1) is 0 Å². The molecule has 2 N–H and O–H groups in total. The maximum Gasteiger partial charge on any atom is 0.123 e. The summed E-state index contributed by atoms with van der Waals surface area (Å²) in [7, 11) is 0. The molecule has 0 aliphatic heterocycles. The number of rotatable bonds is 0. The molecule has 0 saturated carbocycles. The van der Waals surface area contributed by atoms with Crippen LogP contribution in [0.3, 0.4) is 0 Å². The summed E-state index contributed by atoms with van der Waals surface area (Å²) in [5.41, 5.74) is 0.900. The summed E-state index contributed by atoms with van der Waals surface area (Å²) in [5, 5.41) is 19.7. The van der Waals surface area contributed by atoms with Gasteiger partial charge >= 0.3 is 0 Å². The molecule has 1 aromatic carbocycles. The zero-order chi connectivity index (χ0) is 11.2. The van der Waals surface area contributed by atoms with Gasteiger partial charge in [0, 0.05) is 8.96 Å². The maximum atomic E-state index is 13.0. The van der Waals surface area contributed by atoms with E-state index < -0.39 is 18.0 Å². The van der Waals surface area contributed by atoms with Crippen molar-refractivity contribution in [1.29, 1.82) is 0 Å². The van der Waals surface area contributed by atoms with Crippen molar-refractivity contribution in [3.05, 3.63) is 44.1 Å². The number of halogens is 3. The number of hydrogen-bond donors (Lipinski definition) is 2. The largest absolute Gasteiger partial charge is 0.383 e. The predicted molar refractivity (Wildman–Crippen MR) is 61.2 cm³/mol. The average Bonchev–Trinajstić information content (AvgIpc) is 2.23. The minimum Gasteiger partial charge on any atom is -0.383 e. The molecule has 1 aliphatic carbocycles. The summed E-state index contributed by atoms with van der Waals surface area (Å²) in [6.07, 6.45) is -1.80. The molecule has 1 aliphatic rings. The van der Waals surface area contributed by atoms with Crippen molar-refractivity contribution in [2.45, 2.75) is 12.2 Å². The maximum absolute atomic E-state index is 13.0. The highest BCUT2D eigenvalue weighted by molar-refractivity contribution is 9.14. The Morgan fingerprint density at radius 1 is 1.00 bits per heavy atom. The Labute approximate surface area is 103 Å². The molecule has 2 unspecified atom stereocenters. The lowest BCUT2D eigenvalue weighted by molar-refractivity contribution is 0.183. The zero-order valence-electron chi connectivity index (χ0n) is 7.42. The Balaban J connectivity index is 2.62. The molecule has 0 fully saturated rings. The molecular weight excluding hydrogens is 331 g/mol. The third-order valence-electron chi connectivity index (χ3n) is 2.35. The Bertz CT molecular complexity index is 445. The SMILES string of the molecule is OC1C(Br)=C(Br)C(O)c2cc(F)ccc21. The normalized spacial score (nSPS) is 25.4. The van der Waals surface area contributed by atoms with Gasteiger partial charge in [0.15, 0.2) is 0 Å². The molecular formula is C10H7Br2FO2. The monoisotopic (exact) mass is 336 g/mol. The van der Waals surface area contributed by atoms with Crippen LogP contribution < -0.4 is 0 Å². The molecule has 15 heavy (non-hydrogen) atoms. The molecule has 1 aromatic rings. The zero-order valence-corrected chi connectivity index (χ0v) is 10.6. The van der Waals surface area contributed by atoms with E-state index >= 15 is 0 Å². The van der Waals surface area contributed by atoms with E-state index in [0.717, 1.165) is 0 Å². The summed E-state index contributed by atoms with van der Waals surface area (Å²) in [6, 6.07) is 3.96. The second-order valence-electron chi connectivity index (χ2n) is 3.27. The highest BCUT2D eigenvalue weighted by atomic mass is 79.9. The van der Waals surface area contributed by atoms with Crippen molar-refractivity contribution >= 4 is 31.9 Å².